The van der Waals surface area contributed by atoms with E-state index in [9.17, 15) is 0 Å². The molecule has 4 nitrogen and oxygen atoms in total. The van der Waals surface area contributed by atoms with Gasteiger partial charge in [-0.2, -0.15) is 5.26 Å². The summed E-state index contributed by atoms with van der Waals surface area (Å²) in [7, 11) is 1.61. The predicted molar refractivity (Wildman–Crippen MR) is 64.2 cm³/mol. The molecule has 0 N–H and O–H groups in total. The average Bonchev–Trinajstić information content (AvgIpc) is 2.84. The Kier molecular flexibility index (Phi) is 3.58. The van der Waals surface area contributed by atoms with Crippen LogP contribution in [-0.2, 0) is 6.61 Å². The monoisotopic (exact) mass is 246 g/mol. The molecule has 0 unspecified atom stereocenters. The standard InChI is InChI=1S/C12H10N2O2S/c1-15-9-3-2-4-10(5-9)16-8-12-14-7-11(6-13)17-12/h2-5,7H,8H2,1H3. The lowest BCUT2D eigenvalue weighted by atomic mass is 10.3. The van der Waals surface area contributed by atoms with E-state index >= 15 is 0 Å². The minimum Gasteiger partial charge on any atom is -0.497 e. The van der Waals surface area contributed by atoms with E-state index in [-0.39, 0.29) is 0 Å². The lowest BCUT2D eigenvalue weighted by Gasteiger charge is -2.05. The Balaban J connectivity index is 1.99. The van der Waals surface area contributed by atoms with Crippen LogP contribution in [0.3, 0.4) is 0 Å². The number of hydrogen-bond donors (Lipinski definition) is 0. The van der Waals surface area contributed by atoms with Gasteiger partial charge < -0.3 is 9.47 Å². The van der Waals surface area contributed by atoms with Crippen LogP contribution >= 0.6 is 11.3 Å². The van der Waals surface area contributed by atoms with Crippen LogP contribution < -0.4 is 9.47 Å². The predicted octanol–water partition coefficient (Wildman–Crippen LogP) is 2.60. The zero-order valence-electron chi connectivity index (χ0n) is 9.21. The third kappa shape index (κ3) is 2.95. The van der Waals surface area contributed by atoms with Crippen molar-refractivity contribution < 1.29 is 9.47 Å². The van der Waals surface area contributed by atoms with Gasteiger partial charge in [-0.1, -0.05) is 6.07 Å². The van der Waals surface area contributed by atoms with Crippen molar-refractivity contribution in [2.75, 3.05) is 7.11 Å². The molecule has 0 spiro atoms. The van der Waals surface area contributed by atoms with E-state index in [0.29, 0.717) is 11.5 Å². The summed E-state index contributed by atoms with van der Waals surface area (Å²) in [5, 5.41) is 9.45. The van der Waals surface area contributed by atoms with Crippen LogP contribution in [0, 0.1) is 11.3 Å². The normalized spacial score (nSPS) is 9.65. The van der Waals surface area contributed by atoms with Gasteiger partial charge in [0.1, 0.15) is 34.1 Å². The zero-order chi connectivity index (χ0) is 12.1. The maximum absolute atomic E-state index is 8.67. The van der Waals surface area contributed by atoms with E-state index in [1.807, 2.05) is 24.3 Å². The first-order chi connectivity index (χ1) is 8.31. The molecule has 86 valence electrons. The third-order valence-corrected chi connectivity index (χ3v) is 2.94. The number of hydrogen-bond acceptors (Lipinski definition) is 5. The van der Waals surface area contributed by atoms with Crippen molar-refractivity contribution in [2.45, 2.75) is 6.61 Å². The summed E-state index contributed by atoms with van der Waals surface area (Å²) < 4.78 is 10.6. The minimum absolute atomic E-state index is 0.361. The third-order valence-electron chi connectivity index (χ3n) is 2.07. The fourth-order valence-corrected chi connectivity index (χ4v) is 1.89. The van der Waals surface area contributed by atoms with Crippen LogP contribution in [-0.4, -0.2) is 12.1 Å². The summed E-state index contributed by atoms with van der Waals surface area (Å²) in [4.78, 5) is 4.68. The first-order valence-corrected chi connectivity index (χ1v) is 5.75. The van der Waals surface area contributed by atoms with Crippen LogP contribution in [0.2, 0.25) is 0 Å². The maximum atomic E-state index is 8.67. The Morgan fingerprint density at radius 3 is 2.94 bits per heavy atom. The Bertz CT molecular complexity index is 545. The van der Waals surface area contributed by atoms with E-state index in [4.69, 9.17) is 14.7 Å². The molecule has 2 rings (SSSR count). The summed E-state index contributed by atoms with van der Waals surface area (Å²) in [6.45, 7) is 0.361. The van der Waals surface area contributed by atoms with E-state index in [1.165, 1.54) is 11.3 Å². The summed E-state index contributed by atoms with van der Waals surface area (Å²) in [5.41, 5.74) is 0. The second-order valence-corrected chi connectivity index (χ2v) is 4.31. The van der Waals surface area contributed by atoms with Gasteiger partial charge in [-0.15, -0.1) is 11.3 Å². The smallest absolute Gasteiger partial charge is 0.140 e. The summed E-state index contributed by atoms with van der Waals surface area (Å²) in [6.07, 6.45) is 1.55. The molecule has 5 heteroatoms. The highest BCUT2D eigenvalue weighted by atomic mass is 32.1. The van der Waals surface area contributed by atoms with Crippen molar-refractivity contribution in [1.29, 1.82) is 5.26 Å². The van der Waals surface area contributed by atoms with E-state index < -0.39 is 0 Å². The molecule has 0 radical (unpaired) electrons. The number of rotatable bonds is 4. The fraction of sp³-hybridized carbons (Fsp3) is 0.167. The van der Waals surface area contributed by atoms with Gasteiger partial charge >= 0.3 is 0 Å². The molecule has 0 aliphatic carbocycles. The highest BCUT2D eigenvalue weighted by molar-refractivity contribution is 7.12. The van der Waals surface area contributed by atoms with E-state index in [1.54, 1.807) is 19.4 Å². The second kappa shape index (κ2) is 5.32. The number of nitriles is 1. The van der Waals surface area contributed by atoms with Crippen molar-refractivity contribution in [3.8, 4) is 17.6 Å². The van der Waals surface area contributed by atoms with Gasteiger partial charge in [0, 0.05) is 6.07 Å². The molecule has 1 aromatic heterocycles. The van der Waals surface area contributed by atoms with Crippen LogP contribution in [0.4, 0.5) is 0 Å². The number of thiazole rings is 1. The Morgan fingerprint density at radius 1 is 1.41 bits per heavy atom. The molecule has 2 aromatic rings. The number of ether oxygens (including phenoxy) is 2. The largest absolute Gasteiger partial charge is 0.497 e. The van der Waals surface area contributed by atoms with Gasteiger partial charge in [0.05, 0.1) is 13.3 Å². The van der Waals surface area contributed by atoms with Gasteiger partial charge in [0.25, 0.3) is 0 Å². The molecule has 0 aliphatic heterocycles. The molecule has 0 amide bonds. The fourth-order valence-electron chi connectivity index (χ4n) is 1.26. The van der Waals surface area contributed by atoms with Crippen LogP contribution in [0.15, 0.2) is 30.5 Å². The van der Waals surface area contributed by atoms with Crippen molar-refractivity contribution in [2.24, 2.45) is 0 Å². The lowest BCUT2D eigenvalue weighted by Crippen LogP contribution is -1.94. The highest BCUT2D eigenvalue weighted by Crippen LogP contribution is 2.20. The minimum atomic E-state index is 0.361. The molecular formula is C12H10N2O2S. The van der Waals surface area contributed by atoms with Crippen molar-refractivity contribution in [1.82, 2.24) is 4.98 Å². The number of benzene rings is 1. The second-order valence-electron chi connectivity index (χ2n) is 3.20. The number of aromatic nitrogens is 1. The quantitative estimate of drug-likeness (QED) is 0.832. The summed E-state index contributed by atoms with van der Waals surface area (Å²) >= 11 is 1.33. The molecule has 0 bridgehead atoms. The molecular weight excluding hydrogens is 236 g/mol. The van der Waals surface area contributed by atoms with Crippen LogP contribution in [0.5, 0.6) is 11.5 Å². The van der Waals surface area contributed by atoms with Gasteiger partial charge in [-0.25, -0.2) is 4.98 Å². The Hall–Kier alpha value is -2.06. The van der Waals surface area contributed by atoms with Crippen molar-refractivity contribution in [3.05, 3.63) is 40.3 Å². The molecule has 17 heavy (non-hydrogen) atoms. The summed E-state index contributed by atoms with van der Waals surface area (Å²) in [6, 6.07) is 9.41. The van der Waals surface area contributed by atoms with E-state index in [2.05, 4.69) is 4.98 Å². The number of methoxy groups -OCH3 is 1. The van der Waals surface area contributed by atoms with Crippen LogP contribution in [0.1, 0.15) is 9.88 Å². The van der Waals surface area contributed by atoms with Crippen LogP contribution in [0.25, 0.3) is 0 Å². The molecule has 0 saturated carbocycles. The maximum Gasteiger partial charge on any atom is 0.140 e. The Labute approximate surface area is 103 Å². The highest BCUT2D eigenvalue weighted by Gasteiger charge is 2.02. The molecule has 1 heterocycles. The first-order valence-electron chi connectivity index (χ1n) is 4.93. The molecule has 0 atom stereocenters. The average molecular weight is 246 g/mol. The topological polar surface area (TPSA) is 55.1 Å². The van der Waals surface area contributed by atoms with Gasteiger partial charge in [-0.3, -0.25) is 0 Å². The first kappa shape index (κ1) is 11.4. The summed E-state index contributed by atoms with van der Waals surface area (Å²) in [5.74, 6) is 1.47. The van der Waals surface area contributed by atoms with Gasteiger partial charge in [-0.05, 0) is 12.1 Å². The van der Waals surface area contributed by atoms with E-state index in [0.717, 1.165) is 16.5 Å². The SMILES string of the molecule is COc1cccc(OCc2ncc(C#N)s2)c1. The molecule has 0 aliphatic rings. The Morgan fingerprint density at radius 2 is 2.24 bits per heavy atom. The molecule has 1 aromatic carbocycles. The molecule has 0 fully saturated rings. The van der Waals surface area contributed by atoms with Crippen molar-refractivity contribution in [3.63, 3.8) is 0 Å². The van der Waals surface area contributed by atoms with Crippen molar-refractivity contribution >= 4 is 11.3 Å². The lowest BCUT2D eigenvalue weighted by molar-refractivity contribution is 0.303. The van der Waals surface area contributed by atoms with Gasteiger partial charge in [0.2, 0.25) is 0 Å². The number of nitrogens with zero attached hydrogens (tertiary/aromatic N) is 2. The zero-order valence-corrected chi connectivity index (χ0v) is 10.0. The molecule has 0 saturated heterocycles. The van der Waals surface area contributed by atoms with Gasteiger partial charge in [0.15, 0.2) is 0 Å².